The second-order valence-electron chi connectivity index (χ2n) is 4.53. The molecule has 0 radical (unpaired) electrons. The summed E-state index contributed by atoms with van der Waals surface area (Å²) in [6.07, 6.45) is 1.21. The van der Waals surface area contributed by atoms with Crippen LogP contribution in [0.1, 0.15) is 24.1 Å². The van der Waals surface area contributed by atoms with Crippen LogP contribution < -0.4 is 10.1 Å². The lowest BCUT2D eigenvalue weighted by Crippen LogP contribution is -2.16. The first kappa shape index (κ1) is 15.0. The van der Waals surface area contributed by atoms with Gasteiger partial charge in [-0.2, -0.15) is 0 Å². The number of aryl methyl sites for hydroxylation is 1. The van der Waals surface area contributed by atoms with Crippen LogP contribution >= 0.6 is 0 Å². The van der Waals surface area contributed by atoms with Crippen molar-refractivity contribution in [2.24, 2.45) is 0 Å². The quantitative estimate of drug-likeness (QED) is 0.855. The van der Waals surface area contributed by atoms with Crippen molar-refractivity contribution in [3.63, 3.8) is 0 Å². The van der Waals surface area contributed by atoms with E-state index in [9.17, 15) is 8.42 Å². The van der Waals surface area contributed by atoms with Crippen molar-refractivity contribution in [3.8, 4) is 5.75 Å². The molecule has 0 aliphatic heterocycles. The van der Waals surface area contributed by atoms with Crippen molar-refractivity contribution in [3.05, 3.63) is 29.3 Å². The van der Waals surface area contributed by atoms with Gasteiger partial charge < -0.3 is 10.1 Å². The minimum Gasteiger partial charge on any atom is -0.492 e. The van der Waals surface area contributed by atoms with Gasteiger partial charge in [-0.05, 0) is 32.5 Å². The first-order valence-corrected chi connectivity index (χ1v) is 7.98. The van der Waals surface area contributed by atoms with Gasteiger partial charge in [0.25, 0.3) is 0 Å². The molecule has 0 heterocycles. The summed E-state index contributed by atoms with van der Waals surface area (Å²) in [5, 5.41) is 3.15. The molecule has 0 saturated heterocycles. The van der Waals surface area contributed by atoms with Gasteiger partial charge in [0.05, 0.1) is 5.75 Å². The van der Waals surface area contributed by atoms with Crippen molar-refractivity contribution in [1.29, 1.82) is 0 Å². The van der Waals surface area contributed by atoms with E-state index in [4.69, 9.17) is 4.74 Å². The van der Waals surface area contributed by atoms with Gasteiger partial charge in [0.1, 0.15) is 12.4 Å². The first-order chi connectivity index (χ1) is 8.33. The van der Waals surface area contributed by atoms with Crippen molar-refractivity contribution < 1.29 is 13.2 Å². The highest BCUT2D eigenvalue weighted by atomic mass is 32.2. The fourth-order valence-electron chi connectivity index (χ4n) is 1.58. The summed E-state index contributed by atoms with van der Waals surface area (Å²) in [5.41, 5.74) is 2.13. The maximum Gasteiger partial charge on any atom is 0.150 e. The van der Waals surface area contributed by atoms with Crippen molar-refractivity contribution >= 4 is 9.84 Å². The minimum absolute atomic E-state index is 0.0360. The van der Waals surface area contributed by atoms with Crippen LogP contribution in [0.5, 0.6) is 5.75 Å². The molecule has 0 spiro atoms. The summed E-state index contributed by atoms with van der Waals surface area (Å²) in [6.45, 7) is 4.21. The average Bonchev–Trinajstić information content (AvgIpc) is 2.26. The van der Waals surface area contributed by atoms with Crippen LogP contribution in [0, 0.1) is 6.92 Å². The Morgan fingerprint density at radius 2 is 2.06 bits per heavy atom. The molecule has 1 aromatic rings. The van der Waals surface area contributed by atoms with E-state index in [1.807, 2.05) is 39.1 Å². The van der Waals surface area contributed by atoms with Crippen LogP contribution in [-0.4, -0.2) is 34.1 Å². The highest BCUT2D eigenvalue weighted by Gasteiger charge is 2.11. The standard InChI is InChI=1S/C13H21NO3S/c1-10-5-6-12(11(2)14-3)13(9-10)17-7-8-18(4,15)16/h5-6,9,11,14H,7-8H2,1-4H3. The molecule has 1 aromatic carbocycles. The van der Waals surface area contributed by atoms with Crippen LogP contribution in [-0.2, 0) is 9.84 Å². The van der Waals surface area contributed by atoms with Crippen LogP contribution in [0.2, 0.25) is 0 Å². The van der Waals surface area contributed by atoms with Gasteiger partial charge in [-0.3, -0.25) is 0 Å². The number of hydrogen-bond acceptors (Lipinski definition) is 4. The monoisotopic (exact) mass is 271 g/mol. The van der Waals surface area contributed by atoms with E-state index in [0.29, 0.717) is 0 Å². The molecular weight excluding hydrogens is 250 g/mol. The van der Waals surface area contributed by atoms with Gasteiger partial charge in [0.2, 0.25) is 0 Å². The molecule has 0 aliphatic rings. The maximum atomic E-state index is 11.1. The number of nitrogens with one attached hydrogen (secondary N) is 1. The van der Waals surface area contributed by atoms with Crippen LogP contribution in [0.4, 0.5) is 0 Å². The molecule has 4 nitrogen and oxygen atoms in total. The van der Waals surface area contributed by atoms with Crippen LogP contribution in [0.15, 0.2) is 18.2 Å². The number of ether oxygens (including phenoxy) is 1. The van der Waals surface area contributed by atoms with E-state index in [-0.39, 0.29) is 18.4 Å². The second-order valence-corrected chi connectivity index (χ2v) is 6.79. The zero-order valence-corrected chi connectivity index (χ0v) is 12.2. The lowest BCUT2D eigenvalue weighted by Gasteiger charge is -2.17. The van der Waals surface area contributed by atoms with E-state index in [1.165, 1.54) is 6.26 Å². The van der Waals surface area contributed by atoms with E-state index in [1.54, 1.807) is 0 Å². The van der Waals surface area contributed by atoms with Gasteiger partial charge in [0, 0.05) is 17.9 Å². The van der Waals surface area contributed by atoms with E-state index in [0.717, 1.165) is 16.9 Å². The lowest BCUT2D eigenvalue weighted by atomic mass is 10.1. The Kier molecular flexibility index (Phi) is 5.16. The molecule has 0 aliphatic carbocycles. The zero-order chi connectivity index (χ0) is 13.8. The molecule has 0 bridgehead atoms. The SMILES string of the molecule is CNC(C)c1ccc(C)cc1OCCS(C)(=O)=O. The highest BCUT2D eigenvalue weighted by molar-refractivity contribution is 7.90. The highest BCUT2D eigenvalue weighted by Crippen LogP contribution is 2.26. The largest absolute Gasteiger partial charge is 0.492 e. The number of benzene rings is 1. The molecular formula is C13H21NO3S. The fraction of sp³-hybridized carbons (Fsp3) is 0.538. The van der Waals surface area contributed by atoms with E-state index in [2.05, 4.69) is 5.32 Å². The summed E-state index contributed by atoms with van der Waals surface area (Å²) in [7, 11) is -1.10. The first-order valence-electron chi connectivity index (χ1n) is 5.92. The molecule has 102 valence electrons. The van der Waals surface area contributed by atoms with Crippen molar-refractivity contribution in [2.75, 3.05) is 25.7 Å². The molecule has 1 rings (SSSR count). The van der Waals surface area contributed by atoms with Gasteiger partial charge in [-0.1, -0.05) is 12.1 Å². The van der Waals surface area contributed by atoms with E-state index >= 15 is 0 Å². The molecule has 1 N–H and O–H groups in total. The van der Waals surface area contributed by atoms with Crippen molar-refractivity contribution in [2.45, 2.75) is 19.9 Å². The predicted molar refractivity (Wildman–Crippen MR) is 73.9 cm³/mol. The van der Waals surface area contributed by atoms with Gasteiger partial charge >= 0.3 is 0 Å². The molecule has 0 fully saturated rings. The molecule has 1 atom stereocenters. The average molecular weight is 271 g/mol. The van der Waals surface area contributed by atoms with E-state index < -0.39 is 9.84 Å². The zero-order valence-electron chi connectivity index (χ0n) is 11.4. The predicted octanol–water partition coefficient (Wildman–Crippen LogP) is 1.70. The summed E-state index contributed by atoms with van der Waals surface area (Å²) < 4.78 is 27.7. The third-order valence-corrected chi connectivity index (χ3v) is 3.69. The number of sulfone groups is 1. The normalized spacial score (nSPS) is 13.3. The number of hydrogen-bond donors (Lipinski definition) is 1. The minimum atomic E-state index is -2.98. The van der Waals surface area contributed by atoms with Gasteiger partial charge in [0.15, 0.2) is 9.84 Å². The summed E-state index contributed by atoms with van der Waals surface area (Å²) in [5.74, 6) is 0.786. The molecule has 18 heavy (non-hydrogen) atoms. The Balaban J connectivity index is 2.82. The lowest BCUT2D eigenvalue weighted by molar-refractivity contribution is 0.334. The third-order valence-electron chi connectivity index (χ3n) is 2.78. The fourth-order valence-corrected chi connectivity index (χ4v) is 1.97. The Morgan fingerprint density at radius 1 is 1.39 bits per heavy atom. The van der Waals surface area contributed by atoms with Crippen LogP contribution in [0.25, 0.3) is 0 Å². The maximum absolute atomic E-state index is 11.1. The van der Waals surface area contributed by atoms with Crippen molar-refractivity contribution in [1.82, 2.24) is 5.32 Å². The topological polar surface area (TPSA) is 55.4 Å². The number of rotatable bonds is 6. The van der Waals surface area contributed by atoms with Gasteiger partial charge in [-0.15, -0.1) is 0 Å². The Morgan fingerprint density at radius 3 is 2.61 bits per heavy atom. The summed E-state index contributed by atoms with van der Waals surface area (Å²) in [6, 6.07) is 6.13. The van der Waals surface area contributed by atoms with Crippen LogP contribution in [0.3, 0.4) is 0 Å². The molecule has 5 heteroatoms. The second kappa shape index (κ2) is 6.20. The Hall–Kier alpha value is -1.07. The molecule has 1 unspecified atom stereocenters. The Labute approximate surface area is 109 Å². The Bertz CT molecular complexity index is 497. The van der Waals surface area contributed by atoms with Gasteiger partial charge in [-0.25, -0.2) is 8.42 Å². The molecule has 0 amide bonds. The molecule has 0 saturated carbocycles. The summed E-state index contributed by atoms with van der Waals surface area (Å²) in [4.78, 5) is 0. The molecule has 0 aromatic heterocycles. The summed E-state index contributed by atoms with van der Waals surface area (Å²) >= 11 is 0. The smallest absolute Gasteiger partial charge is 0.150 e. The third kappa shape index (κ3) is 4.66.